The van der Waals surface area contributed by atoms with Gasteiger partial charge in [0, 0.05) is 31.1 Å². The molecular formula is C24H32N4O4. The number of ether oxygens (including phenoxy) is 3. The van der Waals surface area contributed by atoms with Gasteiger partial charge in [-0.25, -0.2) is 14.8 Å². The van der Waals surface area contributed by atoms with Crippen molar-refractivity contribution < 1.29 is 19.0 Å². The minimum absolute atomic E-state index is 0.0226. The number of pyridine rings is 1. The lowest BCUT2D eigenvalue weighted by molar-refractivity contribution is -0.0413. The van der Waals surface area contributed by atoms with Crippen molar-refractivity contribution in [3.05, 3.63) is 35.9 Å². The van der Waals surface area contributed by atoms with Gasteiger partial charge in [-0.15, -0.1) is 0 Å². The van der Waals surface area contributed by atoms with Gasteiger partial charge in [0.25, 0.3) is 0 Å². The topological polar surface area (TPSA) is 86.7 Å². The maximum atomic E-state index is 12.8. The molecule has 32 heavy (non-hydrogen) atoms. The highest BCUT2D eigenvalue weighted by molar-refractivity contribution is 5.69. The summed E-state index contributed by atoms with van der Waals surface area (Å²) < 4.78 is 18.0. The van der Waals surface area contributed by atoms with Crippen molar-refractivity contribution in [1.29, 1.82) is 0 Å². The number of fused-ring (bicyclic) bond motifs is 2. The van der Waals surface area contributed by atoms with E-state index in [4.69, 9.17) is 14.2 Å². The van der Waals surface area contributed by atoms with Crippen LogP contribution in [0.15, 0.2) is 24.7 Å². The Labute approximate surface area is 189 Å². The maximum absolute atomic E-state index is 12.8. The molecular weight excluding hydrogens is 408 g/mol. The van der Waals surface area contributed by atoms with Gasteiger partial charge in [-0.3, -0.25) is 4.98 Å². The van der Waals surface area contributed by atoms with Gasteiger partial charge in [-0.1, -0.05) is 0 Å². The molecule has 2 atom stereocenters. The van der Waals surface area contributed by atoms with Crippen LogP contribution in [-0.2, 0) is 4.74 Å². The van der Waals surface area contributed by atoms with E-state index >= 15 is 0 Å². The smallest absolute Gasteiger partial charge is 0.410 e. The second kappa shape index (κ2) is 8.92. The molecule has 2 aromatic heterocycles. The van der Waals surface area contributed by atoms with Crippen LogP contribution in [0.2, 0.25) is 0 Å². The van der Waals surface area contributed by atoms with Gasteiger partial charge in [0.1, 0.15) is 18.0 Å². The van der Waals surface area contributed by atoms with Crippen LogP contribution in [0.3, 0.4) is 0 Å². The summed E-state index contributed by atoms with van der Waals surface area (Å²) in [6, 6.07) is 3.93. The molecule has 4 rings (SSSR count). The molecule has 0 spiro atoms. The summed E-state index contributed by atoms with van der Waals surface area (Å²) in [6.07, 6.45) is 7.52. The number of aryl methyl sites for hydroxylation is 1. The van der Waals surface area contributed by atoms with Crippen molar-refractivity contribution in [2.45, 2.75) is 90.5 Å². The summed E-state index contributed by atoms with van der Waals surface area (Å²) in [5.74, 6) is 1.63. The van der Waals surface area contributed by atoms with Crippen molar-refractivity contribution >= 4 is 6.09 Å². The SMILES string of the molecule is Cc1ncccc1Oc1ncnc(OC2CC3CCCC(C2)N3C(=O)OC(C)(C)C)c1C. The van der Waals surface area contributed by atoms with Crippen LogP contribution in [0, 0.1) is 13.8 Å². The van der Waals surface area contributed by atoms with Crippen LogP contribution in [-0.4, -0.2) is 49.7 Å². The number of hydrogen-bond acceptors (Lipinski definition) is 7. The van der Waals surface area contributed by atoms with Gasteiger partial charge >= 0.3 is 6.09 Å². The van der Waals surface area contributed by atoms with Crippen LogP contribution in [0.1, 0.15) is 64.1 Å². The quantitative estimate of drug-likeness (QED) is 0.662. The standard InChI is InChI=1S/C24H32N4O4/c1-15-21(26-14-27-22(15)31-20-10-7-11-25-16(20)2)30-19-12-17-8-6-9-18(13-19)28(17)23(29)32-24(3,4)5/h7,10-11,14,17-19H,6,8-9,12-13H2,1-5H3. The highest BCUT2D eigenvalue weighted by atomic mass is 16.6. The largest absolute Gasteiger partial charge is 0.474 e. The van der Waals surface area contributed by atoms with Gasteiger partial charge in [-0.2, -0.15) is 0 Å². The highest BCUT2D eigenvalue weighted by Crippen LogP contribution is 2.37. The van der Waals surface area contributed by atoms with E-state index in [0.717, 1.165) is 43.4 Å². The molecule has 2 aliphatic heterocycles. The number of piperidine rings is 2. The van der Waals surface area contributed by atoms with Crippen LogP contribution in [0.25, 0.3) is 0 Å². The zero-order valence-corrected chi connectivity index (χ0v) is 19.5. The van der Waals surface area contributed by atoms with E-state index in [1.165, 1.54) is 6.33 Å². The summed E-state index contributed by atoms with van der Waals surface area (Å²) in [5.41, 5.74) is 1.03. The molecule has 0 aliphatic carbocycles. The van der Waals surface area contributed by atoms with E-state index in [2.05, 4.69) is 15.0 Å². The Morgan fingerprint density at radius 1 is 1.06 bits per heavy atom. The van der Waals surface area contributed by atoms with Crippen molar-refractivity contribution in [2.24, 2.45) is 0 Å². The third-order valence-corrected chi connectivity index (χ3v) is 5.97. The second-order valence-electron chi connectivity index (χ2n) is 9.64. The van der Waals surface area contributed by atoms with Crippen molar-refractivity contribution in [3.8, 4) is 17.5 Å². The van der Waals surface area contributed by atoms with E-state index in [0.29, 0.717) is 17.5 Å². The Morgan fingerprint density at radius 2 is 1.75 bits per heavy atom. The van der Waals surface area contributed by atoms with Crippen LogP contribution >= 0.6 is 0 Å². The Morgan fingerprint density at radius 3 is 2.41 bits per heavy atom. The minimum Gasteiger partial charge on any atom is -0.474 e. The number of hydrogen-bond donors (Lipinski definition) is 0. The van der Waals surface area contributed by atoms with Crippen LogP contribution in [0.4, 0.5) is 4.79 Å². The fraction of sp³-hybridized carbons (Fsp3) is 0.583. The predicted octanol–water partition coefficient (Wildman–Crippen LogP) is 4.98. The molecule has 4 heterocycles. The third-order valence-electron chi connectivity index (χ3n) is 5.97. The number of nitrogens with zero attached hydrogens (tertiary/aromatic N) is 4. The van der Waals surface area contributed by atoms with E-state index in [1.807, 2.05) is 51.7 Å². The summed E-state index contributed by atoms with van der Waals surface area (Å²) in [4.78, 5) is 27.7. The predicted molar refractivity (Wildman–Crippen MR) is 119 cm³/mol. The molecule has 172 valence electrons. The minimum atomic E-state index is -0.500. The number of aromatic nitrogens is 3. The zero-order valence-electron chi connectivity index (χ0n) is 19.5. The first-order chi connectivity index (χ1) is 15.2. The lowest BCUT2D eigenvalue weighted by Crippen LogP contribution is -2.57. The number of rotatable bonds is 4. The average Bonchev–Trinajstić information content (AvgIpc) is 2.70. The fourth-order valence-corrected chi connectivity index (χ4v) is 4.52. The molecule has 0 radical (unpaired) electrons. The van der Waals surface area contributed by atoms with E-state index in [-0.39, 0.29) is 24.3 Å². The fourth-order valence-electron chi connectivity index (χ4n) is 4.52. The molecule has 8 heteroatoms. The van der Waals surface area contributed by atoms with Crippen molar-refractivity contribution in [2.75, 3.05) is 0 Å². The zero-order chi connectivity index (χ0) is 22.9. The summed E-state index contributed by atoms with van der Waals surface area (Å²) in [6.45, 7) is 9.50. The number of carbonyl (C=O) groups excluding carboxylic acids is 1. The van der Waals surface area contributed by atoms with E-state index in [9.17, 15) is 4.79 Å². The van der Waals surface area contributed by atoms with Crippen LogP contribution < -0.4 is 9.47 Å². The Balaban J connectivity index is 1.47. The molecule has 2 aromatic rings. The van der Waals surface area contributed by atoms with Crippen molar-refractivity contribution in [3.63, 3.8) is 0 Å². The van der Waals surface area contributed by atoms with Gasteiger partial charge in [-0.05, 0) is 66.0 Å². The second-order valence-corrected chi connectivity index (χ2v) is 9.64. The Hall–Kier alpha value is -2.90. The first-order valence-electron chi connectivity index (χ1n) is 11.3. The molecule has 8 nitrogen and oxygen atoms in total. The first kappa shape index (κ1) is 22.3. The monoisotopic (exact) mass is 440 g/mol. The number of carbonyl (C=O) groups is 1. The van der Waals surface area contributed by atoms with Gasteiger partial charge in [0.05, 0.1) is 11.3 Å². The summed E-state index contributed by atoms with van der Waals surface area (Å²) in [7, 11) is 0. The third kappa shape index (κ3) is 4.95. The van der Waals surface area contributed by atoms with Gasteiger partial charge in [0.15, 0.2) is 5.75 Å². The lowest BCUT2D eigenvalue weighted by Gasteiger charge is -2.48. The molecule has 2 fully saturated rings. The molecule has 0 N–H and O–H groups in total. The highest BCUT2D eigenvalue weighted by Gasteiger charge is 2.43. The van der Waals surface area contributed by atoms with E-state index in [1.54, 1.807) is 6.20 Å². The maximum Gasteiger partial charge on any atom is 0.410 e. The number of amides is 1. The average molecular weight is 441 g/mol. The van der Waals surface area contributed by atoms with Crippen LogP contribution in [0.5, 0.6) is 17.5 Å². The van der Waals surface area contributed by atoms with Gasteiger partial charge < -0.3 is 19.1 Å². The van der Waals surface area contributed by atoms with Crippen molar-refractivity contribution in [1.82, 2.24) is 19.9 Å². The Kier molecular flexibility index (Phi) is 6.22. The van der Waals surface area contributed by atoms with Gasteiger partial charge in [0.2, 0.25) is 11.8 Å². The van der Waals surface area contributed by atoms with E-state index < -0.39 is 5.60 Å². The molecule has 1 amide bonds. The Bertz CT molecular complexity index is 961. The molecule has 2 saturated heterocycles. The molecule has 0 saturated carbocycles. The first-order valence-corrected chi connectivity index (χ1v) is 11.3. The summed E-state index contributed by atoms with van der Waals surface area (Å²) >= 11 is 0. The lowest BCUT2D eigenvalue weighted by atomic mass is 9.83. The normalized spacial score (nSPS) is 22.9. The molecule has 2 bridgehead atoms. The molecule has 2 unspecified atom stereocenters. The molecule has 0 aromatic carbocycles. The molecule has 2 aliphatic rings. The summed E-state index contributed by atoms with van der Waals surface area (Å²) in [5, 5.41) is 0.